The third-order valence-electron chi connectivity index (χ3n) is 6.54. The molecule has 1 N–H and O–H groups in total. The van der Waals surface area contributed by atoms with Crippen LogP contribution in [0.1, 0.15) is 56.1 Å². The second kappa shape index (κ2) is 5.47. The monoisotopic (exact) mass is 347 g/mol. The molecule has 4 heteroatoms. The van der Waals surface area contributed by atoms with Gasteiger partial charge in [-0.1, -0.05) is 23.7 Å². The number of likely N-dealkylation sites (tertiary alicyclic amines) is 1. The van der Waals surface area contributed by atoms with Crippen molar-refractivity contribution in [3.8, 4) is 0 Å². The molecule has 1 heterocycles. The lowest BCUT2D eigenvalue weighted by atomic mass is 9.69. The maximum Gasteiger partial charge on any atom is 0.225 e. The number of hydrogen-bond acceptors (Lipinski definition) is 2. The van der Waals surface area contributed by atoms with E-state index in [1.165, 1.54) is 30.4 Å². The van der Waals surface area contributed by atoms with Crippen LogP contribution >= 0.6 is 11.6 Å². The molecule has 3 fully saturated rings. The zero-order valence-electron chi connectivity index (χ0n) is 14.5. The summed E-state index contributed by atoms with van der Waals surface area (Å²) in [5.74, 6) is 0.879. The van der Waals surface area contributed by atoms with Crippen molar-refractivity contribution in [3.05, 3.63) is 34.3 Å². The van der Waals surface area contributed by atoms with Gasteiger partial charge in [-0.3, -0.25) is 4.79 Å². The summed E-state index contributed by atoms with van der Waals surface area (Å²) in [5, 5.41) is 10.7. The van der Waals surface area contributed by atoms with Crippen molar-refractivity contribution in [3.63, 3.8) is 0 Å². The lowest BCUT2D eigenvalue weighted by Crippen LogP contribution is -2.61. The van der Waals surface area contributed by atoms with Crippen molar-refractivity contribution in [2.45, 2.75) is 57.5 Å². The van der Waals surface area contributed by atoms with Crippen LogP contribution in [0, 0.1) is 18.3 Å². The van der Waals surface area contributed by atoms with Gasteiger partial charge in [0.15, 0.2) is 0 Å². The van der Waals surface area contributed by atoms with E-state index >= 15 is 0 Å². The Morgan fingerprint density at radius 3 is 2.67 bits per heavy atom. The fraction of sp³-hybridized carbons (Fsp3) is 0.650. The van der Waals surface area contributed by atoms with Crippen molar-refractivity contribution in [2.24, 2.45) is 11.3 Å². The molecule has 2 aliphatic carbocycles. The Kier molecular flexibility index (Phi) is 3.74. The minimum absolute atomic E-state index is 0.0460. The number of hydrogen-bond donors (Lipinski definition) is 1. The van der Waals surface area contributed by atoms with Crippen LogP contribution in [-0.2, 0) is 4.79 Å². The van der Waals surface area contributed by atoms with Crippen LogP contribution in [-0.4, -0.2) is 34.6 Å². The normalized spacial score (nSPS) is 34.1. The molecule has 4 rings (SSSR count). The van der Waals surface area contributed by atoms with Gasteiger partial charge in [0.2, 0.25) is 5.91 Å². The molecule has 130 valence electrons. The number of nitrogens with zero attached hydrogens (tertiary/aromatic N) is 1. The average molecular weight is 348 g/mol. The summed E-state index contributed by atoms with van der Waals surface area (Å²) >= 11 is 6.28. The molecule has 1 amide bonds. The predicted molar refractivity (Wildman–Crippen MR) is 95.1 cm³/mol. The number of carbonyl (C=O) groups excluding carboxylic acids is 1. The first kappa shape index (κ1) is 16.4. The molecular formula is C20H26ClNO2. The average Bonchev–Trinajstić information content (AvgIpc) is 2.90. The molecule has 1 aromatic rings. The fourth-order valence-electron chi connectivity index (χ4n) is 5.18. The van der Waals surface area contributed by atoms with E-state index in [2.05, 4.69) is 19.1 Å². The zero-order chi connectivity index (χ0) is 17.1. The Labute approximate surface area is 149 Å². The molecule has 0 aromatic heterocycles. The van der Waals surface area contributed by atoms with Gasteiger partial charge in [0.1, 0.15) is 0 Å². The van der Waals surface area contributed by atoms with Crippen molar-refractivity contribution >= 4 is 17.5 Å². The zero-order valence-corrected chi connectivity index (χ0v) is 15.3. The minimum atomic E-state index is -0.620. The predicted octanol–water partition coefficient (Wildman–Crippen LogP) is 3.91. The molecule has 3 aliphatic rings. The topological polar surface area (TPSA) is 40.5 Å². The van der Waals surface area contributed by atoms with E-state index in [9.17, 15) is 9.90 Å². The van der Waals surface area contributed by atoms with Crippen LogP contribution in [0.4, 0.5) is 0 Å². The largest absolute Gasteiger partial charge is 0.390 e. The summed E-state index contributed by atoms with van der Waals surface area (Å²) in [6, 6.07) is 6.22. The van der Waals surface area contributed by atoms with E-state index in [4.69, 9.17) is 11.6 Å². The second-order valence-electron chi connectivity index (χ2n) is 8.69. The van der Waals surface area contributed by atoms with Gasteiger partial charge < -0.3 is 10.0 Å². The van der Waals surface area contributed by atoms with Crippen molar-refractivity contribution in [2.75, 3.05) is 13.1 Å². The SMILES string of the molecule is Cc1c(Cl)cccc1C1CCC2(C1)CN(C(=O)[C@H]1C[C@@](C)(O)C1)C2. The van der Waals surface area contributed by atoms with E-state index in [1.807, 2.05) is 17.9 Å². The summed E-state index contributed by atoms with van der Waals surface area (Å²) < 4.78 is 0. The van der Waals surface area contributed by atoms with Crippen LogP contribution < -0.4 is 0 Å². The van der Waals surface area contributed by atoms with Crippen LogP contribution in [0.5, 0.6) is 0 Å². The Morgan fingerprint density at radius 1 is 1.29 bits per heavy atom. The Morgan fingerprint density at radius 2 is 2.00 bits per heavy atom. The first-order valence-electron chi connectivity index (χ1n) is 9.05. The van der Waals surface area contributed by atoms with Gasteiger partial charge >= 0.3 is 0 Å². The van der Waals surface area contributed by atoms with E-state index in [0.29, 0.717) is 24.2 Å². The quantitative estimate of drug-likeness (QED) is 0.881. The van der Waals surface area contributed by atoms with Crippen LogP contribution in [0.3, 0.4) is 0 Å². The van der Waals surface area contributed by atoms with Crippen molar-refractivity contribution in [1.29, 1.82) is 0 Å². The highest BCUT2D eigenvalue weighted by atomic mass is 35.5. The summed E-state index contributed by atoms with van der Waals surface area (Å²) in [5.41, 5.74) is 2.30. The Bertz CT molecular complexity index is 670. The lowest BCUT2D eigenvalue weighted by Gasteiger charge is -2.52. The maximum atomic E-state index is 12.5. The van der Waals surface area contributed by atoms with E-state index < -0.39 is 5.60 Å². The van der Waals surface area contributed by atoms with Gasteiger partial charge in [-0.2, -0.15) is 0 Å². The maximum absolute atomic E-state index is 12.5. The first-order chi connectivity index (χ1) is 11.3. The van der Waals surface area contributed by atoms with Crippen molar-refractivity contribution in [1.82, 2.24) is 4.90 Å². The Balaban J connectivity index is 1.37. The number of halogens is 1. The number of amides is 1. The van der Waals surface area contributed by atoms with Gasteiger partial charge in [-0.15, -0.1) is 0 Å². The minimum Gasteiger partial charge on any atom is -0.390 e. The standard InChI is InChI=1S/C20H26ClNO2/c1-13-16(4-3-5-17(13)21)14-6-7-20(10-14)11-22(12-20)18(23)15-8-19(2,24)9-15/h3-5,14-15,24H,6-12H2,1-2H3/t14?,15-,19+. The summed E-state index contributed by atoms with van der Waals surface area (Å²) in [6.07, 6.45) is 4.82. The molecule has 24 heavy (non-hydrogen) atoms. The molecule has 1 spiro atoms. The molecule has 0 radical (unpaired) electrons. The molecule has 1 aliphatic heterocycles. The van der Waals surface area contributed by atoms with Gasteiger partial charge in [-0.05, 0) is 69.1 Å². The second-order valence-corrected chi connectivity index (χ2v) is 9.10. The molecule has 1 atom stereocenters. The van der Waals surface area contributed by atoms with Crippen LogP contribution in [0.2, 0.25) is 5.02 Å². The fourth-order valence-corrected chi connectivity index (χ4v) is 5.36. The summed E-state index contributed by atoms with van der Waals surface area (Å²) in [4.78, 5) is 14.5. The first-order valence-corrected chi connectivity index (χ1v) is 9.43. The number of carbonyl (C=O) groups is 1. The van der Waals surface area contributed by atoms with E-state index in [-0.39, 0.29) is 11.8 Å². The van der Waals surface area contributed by atoms with Crippen LogP contribution in [0.25, 0.3) is 0 Å². The van der Waals surface area contributed by atoms with Gasteiger partial charge in [0, 0.05) is 29.4 Å². The highest BCUT2D eigenvalue weighted by molar-refractivity contribution is 6.31. The van der Waals surface area contributed by atoms with Gasteiger partial charge in [0.05, 0.1) is 5.60 Å². The summed E-state index contributed by atoms with van der Waals surface area (Å²) in [7, 11) is 0. The lowest BCUT2D eigenvalue weighted by molar-refractivity contribution is -0.161. The third-order valence-corrected chi connectivity index (χ3v) is 6.95. The smallest absolute Gasteiger partial charge is 0.225 e. The molecule has 2 saturated carbocycles. The molecular weight excluding hydrogens is 322 g/mol. The Hall–Kier alpha value is -1.06. The molecule has 1 aromatic carbocycles. The number of benzene rings is 1. The molecule has 0 bridgehead atoms. The highest BCUT2D eigenvalue weighted by Crippen LogP contribution is 2.53. The number of aliphatic hydroxyl groups is 1. The molecule has 1 saturated heterocycles. The van der Waals surface area contributed by atoms with Gasteiger partial charge in [0.25, 0.3) is 0 Å². The van der Waals surface area contributed by atoms with Crippen LogP contribution in [0.15, 0.2) is 18.2 Å². The van der Waals surface area contributed by atoms with Gasteiger partial charge in [-0.25, -0.2) is 0 Å². The third kappa shape index (κ3) is 2.66. The van der Waals surface area contributed by atoms with E-state index in [1.54, 1.807) is 0 Å². The highest BCUT2D eigenvalue weighted by Gasteiger charge is 2.53. The van der Waals surface area contributed by atoms with Crippen molar-refractivity contribution < 1.29 is 9.90 Å². The number of rotatable bonds is 2. The van der Waals surface area contributed by atoms with E-state index in [0.717, 1.165) is 18.1 Å². The summed E-state index contributed by atoms with van der Waals surface area (Å²) in [6.45, 7) is 5.74. The molecule has 1 unspecified atom stereocenters. The molecule has 3 nitrogen and oxygen atoms in total.